The van der Waals surface area contributed by atoms with Gasteiger partial charge in [0.15, 0.2) is 5.65 Å². The number of hydrogen-bond donors (Lipinski definition) is 2. The van der Waals surface area contributed by atoms with Gasteiger partial charge in [-0.1, -0.05) is 6.92 Å². The average molecular weight is 462 g/mol. The number of piperidine rings is 1. The fourth-order valence-electron chi connectivity index (χ4n) is 4.61. The van der Waals surface area contributed by atoms with Gasteiger partial charge in [0.1, 0.15) is 18.1 Å². The van der Waals surface area contributed by atoms with Crippen molar-refractivity contribution < 1.29 is 14.7 Å². The molecule has 4 rings (SSSR count). The van der Waals surface area contributed by atoms with Gasteiger partial charge in [0.05, 0.1) is 17.5 Å². The van der Waals surface area contributed by atoms with Crippen LogP contribution in [0.4, 0.5) is 10.6 Å². The lowest BCUT2D eigenvalue weighted by Gasteiger charge is -2.42. The molecule has 1 aliphatic heterocycles. The lowest BCUT2D eigenvalue weighted by molar-refractivity contribution is -0.131. The van der Waals surface area contributed by atoms with E-state index in [1.807, 2.05) is 18.0 Å². The van der Waals surface area contributed by atoms with Crippen molar-refractivity contribution in [2.75, 3.05) is 25.0 Å². The molecule has 10 nitrogen and oxygen atoms in total. The van der Waals surface area contributed by atoms with Crippen molar-refractivity contribution in [3.63, 3.8) is 0 Å². The van der Waals surface area contributed by atoms with Crippen molar-refractivity contribution in [1.82, 2.24) is 19.4 Å². The summed E-state index contributed by atoms with van der Waals surface area (Å²) in [6.07, 6.45) is 2.63. The molecule has 0 radical (unpaired) electrons. The van der Waals surface area contributed by atoms with Gasteiger partial charge in [-0.2, -0.15) is 5.26 Å². The Labute approximate surface area is 192 Å². The predicted octanol–water partition coefficient (Wildman–Crippen LogP) is 2.17. The molecular weight excluding hydrogens is 434 g/mol. The van der Waals surface area contributed by atoms with Crippen LogP contribution in [0.1, 0.15) is 44.3 Å². The van der Waals surface area contributed by atoms with E-state index in [1.165, 1.54) is 6.20 Å². The smallest absolute Gasteiger partial charge is 0.417 e. The van der Waals surface area contributed by atoms with Crippen molar-refractivity contribution >= 4 is 41.3 Å². The van der Waals surface area contributed by atoms with E-state index in [0.29, 0.717) is 41.7 Å². The Morgan fingerprint density at radius 3 is 2.72 bits per heavy atom. The summed E-state index contributed by atoms with van der Waals surface area (Å²) < 4.78 is 1.11. The third kappa shape index (κ3) is 4.23. The maximum Gasteiger partial charge on any atom is 0.417 e. The monoisotopic (exact) mass is 461 g/mol. The molecule has 11 heteroatoms. The summed E-state index contributed by atoms with van der Waals surface area (Å²) in [4.78, 5) is 37.2. The van der Waals surface area contributed by atoms with Crippen molar-refractivity contribution in [3.8, 4) is 6.07 Å². The molecule has 1 saturated carbocycles. The topological polar surface area (TPSA) is 141 Å². The van der Waals surface area contributed by atoms with Crippen molar-refractivity contribution in [2.24, 2.45) is 11.7 Å². The van der Waals surface area contributed by atoms with Gasteiger partial charge in [-0.3, -0.25) is 4.79 Å². The summed E-state index contributed by atoms with van der Waals surface area (Å²) in [5.74, 6) is 1.51. The van der Waals surface area contributed by atoms with Crippen LogP contribution in [-0.2, 0) is 4.79 Å². The van der Waals surface area contributed by atoms with Crippen LogP contribution in [0, 0.1) is 17.2 Å². The van der Waals surface area contributed by atoms with Gasteiger partial charge < -0.3 is 20.6 Å². The normalized spacial score (nSPS) is 24.9. The molecule has 1 saturated heterocycles. The van der Waals surface area contributed by atoms with Gasteiger partial charge in [-0.25, -0.2) is 19.3 Å². The molecule has 0 aromatic carbocycles. The molecule has 1 amide bonds. The summed E-state index contributed by atoms with van der Waals surface area (Å²) in [7, 11) is 1.93. The molecule has 32 heavy (non-hydrogen) atoms. The average Bonchev–Trinajstić information content (AvgIpc) is 3.15. The largest absolute Gasteiger partial charge is 0.464 e. The van der Waals surface area contributed by atoms with Crippen LogP contribution in [0.5, 0.6) is 0 Å². The van der Waals surface area contributed by atoms with Crippen LogP contribution in [0.15, 0.2) is 12.3 Å². The lowest BCUT2D eigenvalue weighted by Crippen LogP contribution is -2.52. The first-order valence-electron chi connectivity index (χ1n) is 10.6. The van der Waals surface area contributed by atoms with Crippen LogP contribution >= 0.6 is 12.4 Å². The molecule has 0 spiro atoms. The highest BCUT2D eigenvalue weighted by Gasteiger charge is 2.35. The van der Waals surface area contributed by atoms with Gasteiger partial charge in [-0.05, 0) is 31.2 Å². The molecular formula is C21H28ClN7O3. The number of fused-ring (bicyclic) bond motifs is 1. The Kier molecular flexibility index (Phi) is 6.91. The Morgan fingerprint density at radius 1 is 1.38 bits per heavy atom. The summed E-state index contributed by atoms with van der Waals surface area (Å²) in [5.41, 5.74) is 6.31. The quantitative estimate of drug-likeness (QED) is 0.705. The number of nitrogens with two attached hydrogens (primary N) is 1. The van der Waals surface area contributed by atoms with E-state index in [-0.39, 0.29) is 42.7 Å². The number of rotatable bonds is 4. The van der Waals surface area contributed by atoms with Crippen molar-refractivity contribution in [2.45, 2.75) is 50.6 Å². The molecule has 2 fully saturated rings. The number of likely N-dealkylation sites (N-methyl/N-ethyl adjacent to an activating group) is 1. The number of likely N-dealkylation sites (tertiary alicyclic amines) is 1. The minimum absolute atomic E-state index is 0. The molecule has 2 aliphatic rings. The first kappa shape index (κ1) is 23.8. The van der Waals surface area contributed by atoms with Crippen LogP contribution in [0.3, 0.4) is 0 Å². The molecule has 172 valence electrons. The summed E-state index contributed by atoms with van der Waals surface area (Å²) >= 11 is 0. The van der Waals surface area contributed by atoms with Crippen LogP contribution in [0.25, 0.3) is 11.0 Å². The Balaban J connectivity index is 0.00000289. The fourth-order valence-corrected chi connectivity index (χ4v) is 4.61. The number of carbonyl (C=O) groups excluding carboxylic acids is 1. The molecule has 0 bridgehead atoms. The number of halogens is 1. The molecule has 2 aromatic rings. The standard InChI is InChI=1S/C21H27N7O3.ClH/c1-12-4-7-27(17(29)3-6-22)11-16(12)26(2)19-15-5-8-28(21(30)31)20(15)25-18(24-19)13-9-14(23)10-13;/h5,8,12-14,16H,3-4,7,9-11,23H2,1-2H3,(H,30,31);1H/t12-,13?,14?,16+;/m1./s1. The van der Waals surface area contributed by atoms with E-state index in [2.05, 4.69) is 11.9 Å². The molecule has 3 heterocycles. The first-order chi connectivity index (χ1) is 14.8. The lowest BCUT2D eigenvalue weighted by atomic mass is 9.80. The zero-order valence-corrected chi connectivity index (χ0v) is 19.0. The van der Waals surface area contributed by atoms with Gasteiger partial charge in [0.2, 0.25) is 5.91 Å². The number of nitriles is 1. The maximum absolute atomic E-state index is 12.3. The molecule has 0 unspecified atom stereocenters. The number of carbonyl (C=O) groups is 2. The molecule has 3 N–H and O–H groups in total. The molecule has 2 aromatic heterocycles. The Morgan fingerprint density at radius 2 is 2.09 bits per heavy atom. The molecule has 1 aliphatic carbocycles. The fraction of sp³-hybridized carbons (Fsp3) is 0.571. The number of anilines is 1. The number of carboxylic acid groups (broad SMARTS) is 1. The predicted molar refractivity (Wildman–Crippen MR) is 121 cm³/mol. The van der Waals surface area contributed by atoms with Crippen LogP contribution < -0.4 is 10.6 Å². The van der Waals surface area contributed by atoms with Gasteiger partial charge in [-0.15, -0.1) is 12.4 Å². The highest BCUT2D eigenvalue weighted by molar-refractivity contribution is 5.93. The van der Waals surface area contributed by atoms with Crippen LogP contribution in [-0.4, -0.2) is 68.8 Å². The van der Waals surface area contributed by atoms with E-state index >= 15 is 0 Å². The minimum Gasteiger partial charge on any atom is -0.464 e. The van der Waals surface area contributed by atoms with E-state index < -0.39 is 6.09 Å². The summed E-state index contributed by atoms with van der Waals surface area (Å²) in [6.45, 7) is 3.26. The second-order valence-electron chi connectivity index (χ2n) is 8.66. The Hall–Kier alpha value is -2.90. The number of hydrogen-bond acceptors (Lipinski definition) is 7. The van der Waals surface area contributed by atoms with Gasteiger partial charge in [0, 0.05) is 38.3 Å². The van der Waals surface area contributed by atoms with E-state index in [0.717, 1.165) is 23.8 Å². The van der Waals surface area contributed by atoms with Crippen molar-refractivity contribution in [1.29, 1.82) is 5.26 Å². The summed E-state index contributed by atoms with van der Waals surface area (Å²) in [6, 6.07) is 3.76. The zero-order chi connectivity index (χ0) is 22.3. The van der Waals surface area contributed by atoms with Gasteiger partial charge in [0.25, 0.3) is 0 Å². The number of nitrogens with zero attached hydrogens (tertiary/aromatic N) is 6. The second kappa shape index (κ2) is 9.30. The van der Waals surface area contributed by atoms with Crippen LogP contribution in [0.2, 0.25) is 0 Å². The third-order valence-electron chi connectivity index (χ3n) is 6.62. The van der Waals surface area contributed by atoms with Gasteiger partial charge >= 0.3 is 6.09 Å². The van der Waals surface area contributed by atoms with E-state index in [4.69, 9.17) is 16.0 Å². The van der Waals surface area contributed by atoms with E-state index in [9.17, 15) is 14.7 Å². The maximum atomic E-state index is 12.3. The van der Waals surface area contributed by atoms with E-state index in [1.54, 1.807) is 11.0 Å². The SMILES string of the molecule is C[C@@H]1CCN(C(=O)CC#N)C[C@@H]1N(C)c1nc(C2CC(N)C2)nc2c1ccn2C(=O)O.Cl. The Bertz CT molecular complexity index is 1060. The highest BCUT2D eigenvalue weighted by atomic mass is 35.5. The minimum atomic E-state index is -1.10. The first-order valence-corrected chi connectivity index (χ1v) is 10.6. The molecule has 2 atom stereocenters. The third-order valence-corrected chi connectivity index (χ3v) is 6.62. The number of amides is 1. The highest BCUT2D eigenvalue weighted by Crippen LogP contribution is 2.37. The number of aromatic nitrogens is 3. The second-order valence-corrected chi connectivity index (χ2v) is 8.66. The van der Waals surface area contributed by atoms with Crippen molar-refractivity contribution in [3.05, 3.63) is 18.1 Å². The zero-order valence-electron chi connectivity index (χ0n) is 18.1. The summed E-state index contributed by atoms with van der Waals surface area (Å²) in [5, 5.41) is 19.1.